The van der Waals surface area contributed by atoms with E-state index in [-0.39, 0.29) is 0 Å². The molecular formula is C30H62O3P+. The summed E-state index contributed by atoms with van der Waals surface area (Å²) < 4.78 is 22.5. The zero-order valence-corrected chi connectivity index (χ0v) is 24.4. The van der Waals surface area contributed by atoms with Crippen molar-refractivity contribution < 1.29 is 13.6 Å². The summed E-state index contributed by atoms with van der Waals surface area (Å²) in [6, 6.07) is 0. The molecule has 0 saturated heterocycles. The molecule has 4 heteroatoms. The predicted octanol–water partition coefficient (Wildman–Crippen LogP) is 11.9. The first-order valence-electron chi connectivity index (χ1n) is 15.5. The van der Waals surface area contributed by atoms with Crippen molar-refractivity contribution in [3.63, 3.8) is 0 Å². The molecule has 0 heterocycles. The molecule has 0 aliphatic rings. The van der Waals surface area contributed by atoms with Gasteiger partial charge in [-0.2, -0.15) is 0 Å². The average molecular weight is 502 g/mol. The van der Waals surface area contributed by atoms with Gasteiger partial charge in [-0.15, -0.1) is 9.05 Å². The number of hydrogen-bond acceptors (Lipinski definition) is 3. The second kappa shape index (κ2) is 31.1. The second-order valence-electron chi connectivity index (χ2n) is 10.4. The molecule has 204 valence electrons. The molecule has 0 aliphatic heterocycles. The standard InChI is InChI=1S/C30H62O3P/c1-3-5-7-9-11-13-15-17-18-20-22-24-26-28-30-33-34(31)32-29-27-25-23-21-19-16-14-12-10-8-6-4-2/h3-30H2,1-2H3/q+1. The van der Waals surface area contributed by atoms with Gasteiger partial charge in [0.05, 0.1) is 0 Å². The molecule has 1 atom stereocenters. The summed E-state index contributed by atoms with van der Waals surface area (Å²) in [6.07, 6.45) is 34.8. The lowest BCUT2D eigenvalue weighted by atomic mass is 10.0. The molecule has 0 aromatic rings. The Hall–Kier alpha value is 0.0200. The molecule has 34 heavy (non-hydrogen) atoms. The first-order chi connectivity index (χ1) is 16.8. The number of hydrogen-bond donors (Lipinski definition) is 0. The Bertz CT molecular complexity index is 389. The Morgan fingerprint density at radius 2 is 0.559 bits per heavy atom. The van der Waals surface area contributed by atoms with Crippen molar-refractivity contribution in [3.05, 3.63) is 0 Å². The van der Waals surface area contributed by atoms with E-state index < -0.39 is 8.25 Å². The van der Waals surface area contributed by atoms with Gasteiger partial charge in [-0.05, 0) is 12.8 Å². The van der Waals surface area contributed by atoms with Gasteiger partial charge in [0.1, 0.15) is 13.2 Å². The molecular weight excluding hydrogens is 439 g/mol. The van der Waals surface area contributed by atoms with Gasteiger partial charge in [-0.3, -0.25) is 0 Å². The Kier molecular flexibility index (Phi) is 31.1. The molecule has 0 aromatic carbocycles. The van der Waals surface area contributed by atoms with Crippen LogP contribution in [0, 0.1) is 0 Å². The van der Waals surface area contributed by atoms with Gasteiger partial charge >= 0.3 is 8.25 Å². The molecule has 0 rings (SSSR count). The predicted molar refractivity (Wildman–Crippen MR) is 151 cm³/mol. The first kappa shape index (κ1) is 34.0. The Morgan fingerprint density at radius 3 is 0.794 bits per heavy atom. The van der Waals surface area contributed by atoms with Crippen LogP contribution in [-0.4, -0.2) is 13.2 Å². The van der Waals surface area contributed by atoms with Crippen molar-refractivity contribution in [1.82, 2.24) is 0 Å². The van der Waals surface area contributed by atoms with Crippen LogP contribution in [0.1, 0.15) is 181 Å². The van der Waals surface area contributed by atoms with E-state index in [1.807, 2.05) is 0 Å². The van der Waals surface area contributed by atoms with Crippen LogP contribution in [0.3, 0.4) is 0 Å². The monoisotopic (exact) mass is 501 g/mol. The molecule has 0 saturated carbocycles. The summed E-state index contributed by atoms with van der Waals surface area (Å²) in [4.78, 5) is 0. The summed E-state index contributed by atoms with van der Waals surface area (Å²) in [7, 11) is -1.91. The minimum atomic E-state index is -1.91. The third kappa shape index (κ3) is 30.1. The van der Waals surface area contributed by atoms with E-state index in [1.165, 1.54) is 154 Å². The minimum Gasteiger partial charge on any atom is -0.119 e. The van der Waals surface area contributed by atoms with Gasteiger partial charge < -0.3 is 0 Å². The van der Waals surface area contributed by atoms with Gasteiger partial charge in [0.2, 0.25) is 0 Å². The quantitative estimate of drug-likeness (QED) is 0.0725. The molecule has 1 unspecified atom stereocenters. The molecule has 0 spiro atoms. The fourth-order valence-electron chi connectivity index (χ4n) is 4.56. The largest absolute Gasteiger partial charge is 0.697 e. The fourth-order valence-corrected chi connectivity index (χ4v) is 5.19. The van der Waals surface area contributed by atoms with Gasteiger partial charge in [-0.25, -0.2) is 0 Å². The van der Waals surface area contributed by atoms with E-state index >= 15 is 0 Å². The van der Waals surface area contributed by atoms with E-state index in [9.17, 15) is 4.57 Å². The normalized spacial score (nSPS) is 11.9. The van der Waals surface area contributed by atoms with Crippen LogP contribution in [0.2, 0.25) is 0 Å². The highest BCUT2D eigenvalue weighted by Crippen LogP contribution is 2.25. The lowest BCUT2D eigenvalue weighted by molar-refractivity contribution is 0.218. The Balaban J connectivity index is 3.14. The van der Waals surface area contributed by atoms with Crippen LogP contribution in [0.15, 0.2) is 0 Å². The lowest BCUT2D eigenvalue weighted by Gasteiger charge is -2.02. The summed E-state index contributed by atoms with van der Waals surface area (Å²) >= 11 is 0. The molecule has 0 fully saturated rings. The topological polar surface area (TPSA) is 35.5 Å². The van der Waals surface area contributed by atoms with Crippen LogP contribution in [0.4, 0.5) is 0 Å². The molecule has 0 N–H and O–H groups in total. The van der Waals surface area contributed by atoms with E-state index in [0.29, 0.717) is 13.2 Å². The maximum Gasteiger partial charge on any atom is 0.697 e. The fraction of sp³-hybridized carbons (Fsp3) is 1.00. The van der Waals surface area contributed by atoms with Crippen LogP contribution >= 0.6 is 8.25 Å². The molecule has 3 nitrogen and oxygen atoms in total. The van der Waals surface area contributed by atoms with E-state index in [1.54, 1.807) is 0 Å². The summed E-state index contributed by atoms with van der Waals surface area (Å²) in [6.45, 7) is 5.71. The summed E-state index contributed by atoms with van der Waals surface area (Å²) in [5.41, 5.74) is 0. The number of rotatable bonds is 30. The van der Waals surface area contributed by atoms with E-state index in [4.69, 9.17) is 9.05 Å². The van der Waals surface area contributed by atoms with Gasteiger partial charge in [-0.1, -0.05) is 168 Å². The molecule has 0 aliphatic carbocycles. The highest BCUT2D eigenvalue weighted by Gasteiger charge is 2.18. The summed E-state index contributed by atoms with van der Waals surface area (Å²) in [5, 5.41) is 0. The maximum atomic E-state index is 11.8. The first-order valence-corrected chi connectivity index (χ1v) is 16.6. The van der Waals surface area contributed by atoms with Gasteiger partial charge in [0.15, 0.2) is 0 Å². The number of unbranched alkanes of at least 4 members (excludes halogenated alkanes) is 24. The molecule has 0 amide bonds. The van der Waals surface area contributed by atoms with E-state index in [0.717, 1.165) is 12.8 Å². The van der Waals surface area contributed by atoms with Crippen molar-refractivity contribution in [2.45, 2.75) is 181 Å². The summed E-state index contributed by atoms with van der Waals surface area (Å²) in [5.74, 6) is 0. The molecule has 0 aromatic heterocycles. The van der Waals surface area contributed by atoms with Crippen LogP contribution in [0.25, 0.3) is 0 Å². The highest BCUT2D eigenvalue weighted by atomic mass is 31.1. The average Bonchev–Trinajstić information content (AvgIpc) is 2.84. The second-order valence-corrected chi connectivity index (χ2v) is 11.3. The zero-order chi connectivity index (χ0) is 24.8. The zero-order valence-electron chi connectivity index (χ0n) is 23.5. The third-order valence-corrected chi connectivity index (χ3v) is 7.68. The van der Waals surface area contributed by atoms with Crippen molar-refractivity contribution in [3.8, 4) is 0 Å². The van der Waals surface area contributed by atoms with Gasteiger partial charge in [0, 0.05) is 4.57 Å². The van der Waals surface area contributed by atoms with Crippen LogP contribution in [0.5, 0.6) is 0 Å². The van der Waals surface area contributed by atoms with Crippen LogP contribution in [-0.2, 0) is 13.6 Å². The van der Waals surface area contributed by atoms with Crippen molar-refractivity contribution in [2.75, 3.05) is 13.2 Å². The third-order valence-electron chi connectivity index (χ3n) is 6.89. The van der Waals surface area contributed by atoms with Crippen molar-refractivity contribution >= 4 is 8.25 Å². The van der Waals surface area contributed by atoms with Crippen molar-refractivity contribution in [1.29, 1.82) is 0 Å². The highest BCUT2D eigenvalue weighted by molar-refractivity contribution is 7.33. The maximum absolute atomic E-state index is 11.8. The smallest absolute Gasteiger partial charge is 0.119 e. The molecule has 0 bridgehead atoms. The Labute approximate surface area is 215 Å². The van der Waals surface area contributed by atoms with E-state index in [2.05, 4.69) is 13.8 Å². The SMILES string of the molecule is CCCCCCCCCCCCCCCCO[P+](=O)OCCCCCCCCCCCCCC. The Morgan fingerprint density at radius 1 is 0.353 bits per heavy atom. The lowest BCUT2D eigenvalue weighted by Crippen LogP contribution is -1.92. The molecule has 0 radical (unpaired) electrons. The van der Waals surface area contributed by atoms with Crippen molar-refractivity contribution in [2.24, 2.45) is 0 Å². The van der Waals surface area contributed by atoms with Crippen LogP contribution < -0.4 is 0 Å². The minimum absolute atomic E-state index is 0.575. The van der Waals surface area contributed by atoms with Gasteiger partial charge in [0.25, 0.3) is 0 Å².